The van der Waals surface area contributed by atoms with Crippen molar-refractivity contribution in [2.45, 2.75) is 220 Å². The Hall–Kier alpha value is -4.53. The van der Waals surface area contributed by atoms with Crippen LogP contribution >= 0.6 is 0 Å². The first kappa shape index (κ1) is 66.5. The number of unbranched alkanes of at least 4 members (excludes halogenated alkanes) is 12. The molecule has 1 fully saturated rings. The van der Waals surface area contributed by atoms with Crippen LogP contribution in [0.1, 0.15) is 220 Å². The van der Waals surface area contributed by atoms with E-state index in [1.54, 1.807) is 0 Å². The van der Waals surface area contributed by atoms with Crippen LogP contribution in [0.5, 0.6) is 0 Å². The minimum Gasteiger partial charge on any atom is -0.465 e. The molecule has 0 N–H and O–H groups in total. The van der Waals surface area contributed by atoms with Crippen LogP contribution in [0.4, 0.5) is 0 Å². The van der Waals surface area contributed by atoms with Crippen molar-refractivity contribution >= 4 is 41.8 Å². The molecule has 0 amide bonds. The van der Waals surface area contributed by atoms with E-state index in [1.807, 2.05) is 18.2 Å². The Morgan fingerprint density at radius 1 is 0.342 bits per heavy atom. The number of allylic oxidation sites excluding steroid dienone is 3. The summed E-state index contributed by atoms with van der Waals surface area (Å²) in [4.78, 5) is 91.8. The van der Waals surface area contributed by atoms with Crippen LogP contribution in [-0.4, -0.2) is 113 Å². The molecule has 0 aromatic carbocycles. The zero-order chi connectivity index (χ0) is 53.3. The molecule has 0 aliphatic carbocycles. The molecular weight excluding hydrogens is 935 g/mol. The van der Waals surface area contributed by atoms with Gasteiger partial charge < -0.3 is 38.1 Å². The van der Waals surface area contributed by atoms with Gasteiger partial charge in [-0.25, -0.2) is 0 Å². The first-order chi connectivity index (χ1) is 35.5. The molecule has 0 aromatic rings. The van der Waals surface area contributed by atoms with Gasteiger partial charge in [0, 0.05) is 44.9 Å². The lowest BCUT2D eigenvalue weighted by Gasteiger charge is -2.31. The monoisotopic (exact) mass is 1030 g/mol. The smallest absolute Gasteiger partial charge is 0.305 e. The Labute approximate surface area is 439 Å². The summed E-state index contributed by atoms with van der Waals surface area (Å²) in [7, 11) is 0. The summed E-state index contributed by atoms with van der Waals surface area (Å²) in [5.41, 5.74) is -1.46. The molecule has 0 radical (unpaired) electrons. The molecule has 1 aliphatic rings. The third-order valence-corrected chi connectivity index (χ3v) is 12.3. The number of rotatable bonds is 48. The summed E-state index contributed by atoms with van der Waals surface area (Å²) in [5.74, 6) is -3.30. The molecule has 15 heteroatoms. The number of esters is 7. The van der Waals surface area contributed by atoms with Gasteiger partial charge in [-0.15, -0.1) is 0 Å². The van der Waals surface area contributed by atoms with E-state index >= 15 is 0 Å². The molecule has 1 heterocycles. The van der Waals surface area contributed by atoms with Crippen molar-refractivity contribution in [3.63, 3.8) is 0 Å². The molecule has 0 saturated carbocycles. The summed E-state index contributed by atoms with van der Waals surface area (Å²) >= 11 is 0. The van der Waals surface area contributed by atoms with Gasteiger partial charge in [0.25, 0.3) is 0 Å². The molecule has 1 rings (SSSR count). The van der Waals surface area contributed by atoms with Crippen LogP contribution in [0.25, 0.3) is 0 Å². The average molecular weight is 1030 g/mol. The van der Waals surface area contributed by atoms with Crippen molar-refractivity contribution in [3.8, 4) is 0 Å². The minimum atomic E-state index is -1.46. The van der Waals surface area contributed by atoms with Crippen molar-refractivity contribution in [1.82, 2.24) is 4.90 Å². The predicted molar refractivity (Wildman–Crippen MR) is 283 cm³/mol. The number of likely N-dealkylation sites (tertiary alicyclic amines) is 1. The maximum atomic E-state index is 13.2. The highest BCUT2D eigenvalue weighted by molar-refractivity contribution is 5.72. The zero-order valence-corrected chi connectivity index (χ0v) is 45.6. The van der Waals surface area contributed by atoms with Crippen LogP contribution in [0.3, 0.4) is 0 Å². The number of carbonyl (C=O) groups is 7. The maximum Gasteiger partial charge on any atom is 0.305 e. The van der Waals surface area contributed by atoms with Gasteiger partial charge in [0.15, 0.2) is 0 Å². The second kappa shape index (κ2) is 47.2. The van der Waals surface area contributed by atoms with Gasteiger partial charge >= 0.3 is 41.8 Å². The van der Waals surface area contributed by atoms with E-state index < -0.39 is 49.1 Å². The van der Waals surface area contributed by atoms with Crippen LogP contribution < -0.4 is 0 Å². The quantitative estimate of drug-likeness (QED) is 0.0242. The molecule has 0 atom stereocenters. The van der Waals surface area contributed by atoms with Crippen molar-refractivity contribution in [1.29, 1.82) is 0 Å². The van der Waals surface area contributed by atoms with Gasteiger partial charge in [-0.1, -0.05) is 95.8 Å². The van der Waals surface area contributed by atoms with E-state index in [2.05, 4.69) is 43.9 Å². The highest BCUT2D eigenvalue weighted by atomic mass is 16.6. The molecule has 0 bridgehead atoms. The largest absolute Gasteiger partial charge is 0.465 e. The van der Waals surface area contributed by atoms with Crippen LogP contribution in [0.2, 0.25) is 0 Å². The van der Waals surface area contributed by atoms with Gasteiger partial charge in [-0.05, 0) is 135 Å². The van der Waals surface area contributed by atoms with Gasteiger partial charge in [-0.3, -0.25) is 33.6 Å². The molecule has 0 spiro atoms. The first-order valence-electron chi connectivity index (χ1n) is 28.3. The number of ether oxygens (including phenoxy) is 7. The van der Waals surface area contributed by atoms with E-state index in [9.17, 15) is 33.6 Å². The topological polar surface area (TPSA) is 187 Å². The summed E-state index contributed by atoms with van der Waals surface area (Å²) < 4.78 is 38.9. The fourth-order valence-corrected chi connectivity index (χ4v) is 7.72. The van der Waals surface area contributed by atoms with Crippen LogP contribution in [0.15, 0.2) is 36.5 Å². The number of hydrogen-bond donors (Lipinski definition) is 0. The average Bonchev–Trinajstić information content (AvgIpc) is 3.91. The lowest BCUT2D eigenvalue weighted by Crippen LogP contribution is -2.44. The third kappa shape index (κ3) is 41.5. The molecule has 1 saturated heterocycles. The Morgan fingerprint density at radius 3 is 0.890 bits per heavy atom. The van der Waals surface area contributed by atoms with Crippen LogP contribution in [0, 0.1) is 5.41 Å². The Morgan fingerprint density at radius 2 is 0.603 bits per heavy atom. The highest BCUT2D eigenvalue weighted by Crippen LogP contribution is 2.24. The van der Waals surface area contributed by atoms with Gasteiger partial charge in [0.05, 0.1) is 19.8 Å². The Bertz CT molecular complexity index is 1420. The number of hydrogen-bond acceptors (Lipinski definition) is 15. The van der Waals surface area contributed by atoms with E-state index in [4.69, 9.17) is 33.2 Å². The lowest BCUT2D eigenvalue weighted by atomic mass is 9.92. The van der Waals surface area contributed by atoms with E-state index in [0.717, 1.165) is 71.0 Å². The molecule has 0 unspecified atom stereocenters. The second-order valence-electron chi connectivity index (χ2n) is 19.3. The van der Waals surface area contributed by atoms with Gasteiger partial charge in [0.2, 0.25) is 0 Å². The summed E-state index contributed by atoms with van der Waals surface area (Å²) in [6, 6.07) is 0. The lowest BCUT2D eigenvalue weighted by molar-refractivity contribution is -0.171. The third-order valence-electron chi connectivity index (χ3n) is 12.3. The van der Waals surface area contributed by atoms with Crippen molar-refractivity contribution in [2.75, 3.05) is 65.9 Å². The summed E-state index contributed by atoms with van der Waals surface area (Å²) in [6.07, 6.45) is 33.5. The van der Waals surface area contributed by atoms with Gasteiger partial charge in [-0.2, -0.15) is 0 Å². The number of nitrogens with zero attached hydrogens (tertiary/aromatic N) is 1. The molecule has 0 aromatic heterocycles. The van der Waals surface area contributed by atoms with Crippen molar-refractivity contribution < 1.29 is 66.7 Å². The SMILES string of the molecule is CCCCC/C=C\CCOC(=O)CCCCC(=O)OCC(COC(=O)CCCCC(=O)OCC/C=C\CCCCC)(COC(=O)CCCCC(=O)OCC/C=C\CCCCC)COC(=O)CCCN1CCCC1. The number of carbonyl (C=O) groups excluding carboxylic acids is 7. The van der Waals surface area contributed by atoms with Crippen molar-refractivity contribution in [3.05, 3.63) is 36.5 Å². The van der Waals surface area contributed by atoms with Gasteiger partial charge in [0.1, 0.15) is 31.8 Å². The molecule has 73 heavy (non-hydrogen) atoms. The van der Waals surface area contributed by atoms with E-state index in [-0.39, 0.29) is 69.5 Å². The van der Waals surface area contributed by atoms with Crippen LogP contribution in [-0.2, 0) is 66.7 Å². The van der Waals surface area contributed by atoms with E-state index in [0.29, 0.717) is 84.0 Å². The summed E-state index contributed by atoms with van der Waals surface area (Å²) in [6.45, 7) is 8.53. The molecule has 418 valence electrons. The summed E-state index contributed by atoms with van der Waals surface area (Å²) in [5, 5.41) is 0. The zero-order valence-electron chi connectivity index (χ0n) is 45.6. The Balaban J connectivity index is 2.91. The first-order valence-corrected chi connectivity index (χ1v) is 28.3. The van der Waals surface area contributed by atoms with E-state index in [1.165, 1.54) is 38.5 Å². The normalized spacial score (nSPS) is 12.9. The highest BCUT2D eigenvalue weighted by Gasteiger charge is 2.38. The predicted octanol–water partition coefficient (Wildman–Crippen LogP) is 11.9. The fourth-order valence-electron chi connectivity index (χ4n) is 7.72. The molecule has 1 aliphatic heterocycles. The molecule has 15 nitrogen and oxygen atoms in total. The minimum absolute atomic E-state index is 0.0178. The second-order valence-corrected chi connectivity index (χ2v) is 19.3. The standard InChI is InChI=1S/C58H97NO14/c1-4-7-10-13-16-19-30-44-67-51(60)34-22-25-37-54(63)70-47-58(50-73-57(66)40-33-43-59-41-28-29-42-59,48-71-55(64)38-26-23-35-52(61)68-45-31-20-17-14-11-8-5-2)49-72-56(65)39-27-24-36-53(62)69-46-32-21-18-15-12-9-6-3/h16-21H,4-15,22-50H2,1-3H3/b19-16-,20-17-,21-18-. The maximum absolute atomic E-state index is 13.2. The molecular formula is C58H97NO14. The fraction of sp³-hybridized carbons (Fsp3) is 0.776. The van der Waals surface area contributed by atoms with Crippen molar-refractivity contribution in [2.24, 2.45) is 5.41 Å². The Kier molecular flexibility index (Phi) is 43.0.